The van der Waals surface area contributed by atoms with E-state index in [0.29, 0.717) is 49.7 Å². The van der Waals surface area contributed by atoms with Gasteiger partial charge >= 0.3 is 6.18 Å². The zero-order valence-electron chi connectivity index (χ0n) is 19.3. The largest absolute Gasteiger partial charge is 0.494 e. The van der Waals surface area contributed by atoms with Crippen LogP contribution in [0, 0.1) is 0 Å². The number of carbonyl (C=O) groups is 3. The number of ether oxygens (including phenoxy) is 2. The van der Waals surface area contributed by atoms with E-state index in [1.807, 2.05) is 0 Å². The van der Waals surface area contributed by atoms with Crippen LogP contribution in [0.5, 0.6) is 11.5 Å². The molecule has 0 saturated carbocycles. The molecule has 0 radical (unpaired) electrons. The van der Waals surface area contributed by atoms with Crippen molar-refractivity contribution in [1.82, 2.24) is 4.90 Å². The number of anilines is 3. The van der Waals surface area contributed by atoms with Gasteiger partial charge in [-0.2, -0.15) is 13.2 Å². The Bertz CT molecular complexity index is 978. The summed E-state index contributed by atoms with van der Waals surface area (Å²) in [6.07, 6.45) is -2.94. The minimum Gasteiger partial charge on any atom is -0.494 e. The molecule has 1 fully saturated rings. The highest BCUT2D eigenvalue weighted by Crippen LogP contribution is 2.27. The van der Waals surface area contributed by atoms with E-state index in [4.69, 9.17) is 4.74 Å². The van der Waals surface area contributed by atoms with Crippen molar-refractivity contribution in [2.24, 2.45) is 0 Å². The number of halogens is 3. The first-order valence-corrected chi connectivity index (χ1v) is 10.5. The van der Waals surface area contributed by atoms with E-state index in [2.05, 4.69) is 20.3 Å². The van der Waals surface area contributed by atoms with Crippen LogP contribution in [0.2, 0.25) is 0 Å². The van der Waals surface area contributed by atoms with Crippen LogP contribution < -0.4 is 25.0 Å². The van der Waals surface area contributed by atoms with E-state index >= 15 is 0 Å². The van der Waals surface area contributed by atoms with Crippen LogP contribution in [0.1, 0.15) is 6.92 Å². The van der Waals surface area contributed by atoms with Crippen molar-refractivity contribution in [1.29, 1.82) is 0 Å². The molecule has 0 atom stereocenters. The second-order valence-electron chi connectivity index (χ2n) is 7.38. The second-order valence-corrected chi connectivity index (χ2v) is 7.38. The summed E-state index contributed by atoms with van der Waals surface area (Å²) in [5.74, 6) is 0.527. The Morgan fingerprint density at radius 2 is 1.71 bits per heavy atom. The molecule has 1 heterocycles. The van der Waals surface area contributed by atoms with Crippen LogP contribution in [0.15, 0.2) is 42.5 Å². The molecule has 1 aliphatic heterocycles. The molecule has 1 saturated heterocycles. The molecule has 0 aromatic heterocycles. The number of nitrogens with zero attached hydrogens (tertiary/aromatic N) is 2. The smallest absolute Gasteiger partial charge is 0.422 e. The topological polar surface area (TPSA) is 100 Å². The lowest BCUT2D eigenvalue weighted by Crippen LogP contribution is -2.45. The minimum atomic E-state index is -4.33. The average molecular weight is 496 g/mol. The Kier molecular flexibility index (Phi) is 10.2. The Morgan fingerprint density at radius 3 is 2.23 bits per heavy atom. The van der Waals surface area contributed by atoms with Gasteiger partial charge in [-0.25, -0.2) is 0 Å². The lowest BCUT2D eigenvalue weighted by molar-refractivity contribution is -0.153. The summed E-state index contributed by atoms with van der Waals surface area (Å²) < 4.78 is 45.7. The fourth-order valence-electron chi connectivity index (χ4n) is 3.16. The molecule has 2 aromatic rings. The number of rotatable bonds is 8. The molecule has 2 N–H and O–H groups in total. The number of piperazine rings is 1. The standard InChI is InChI=1S/C13H15F3N2O2.C10H12N2O3/c14-13(15,16)9-20-12-3-1-11(2-4-12)18-7-5-17(10-19)6-8-18;1-7(14)12-8-3-4-9(11-6-13)10(5-8)15-2/h1-4,10H,5-9H2;3-6H,1-2H3,(H,11,13)(H,12,14). The van der Waals surface area contributed by atoms with Crippen LogP contribution in [0.3, 0.4) is 0 Å². The zero-order valence-corrected chi connectivity index (χ0v) is 19.3. The number of amides is 3. The quantitative estimate of drug-likeness (QED) is 0.545. The fourth-order valence-corrected chi connectivity index (χ4v) is 3.16. The molecular formula is C23H27F3N4O5. The van der Waals surface area contributed by atoms with Crippen molar-refractivity contribution in [3.63, 3.8) is 0 Å². The van der Waals surface area contributed by atoms with E-state index in [1.54, 1.807) is 35.2 Å². The summed E-state index contributed by atoms with van der Waals surface area (Å²) in [6, 6.07) is 11.5. The lowest BCUT2D eigenvalue weighted by atomic mass is 10.2. The molecule has 0 spiro atoms. The first-order chi connectivity index (χ1) is 16.6. The van der Waals surface area contributed by atoms with Crippen LogP contribution in [0.25, 0.3) is 0 Å². The minimum absolute atomic E-state index is 0.159. The normalized spacial score (nSPS) is 13.2. The molecule has 0 bridgehead atoms. The van der Waals surface area contributed by atoms with Gasteiger partial charge in [0, 0.05) is 50.5 Å². The van der Waals surface area contributed by atoms with Crippen molar-refractivity contribution in [3.8, 4) is 11.5 Å². The van der Waals surface area contributed by atoms with Crippen LogP contribution in [-0.4, -0.2) is 69.7 Å². The monoisotopic (exact) mass is 496 g/mol. The maximum atomic E-state index is 12.0. The van der Waals surface area contributed by atoms with Gasteiger partial charge in [0.25, 0.3) is 0 Å². The molecule has 0 aliphatic carbocycles. The van der Waals surface area contributed by atoms with Crippen molar-refractivity contribution in [3.05, 3.63) is 42.5 Å². The molecule has 9 nitrogen and oxygen atoms in total. The van der Waals surface area contributed by atoms with Crippen molar-refractivity contribution >= 4 is 35.8 Å². The molecule has 3 rings (SSSR count). The summed E-state index contributed by atoms with van der Waals surface area (Å²) in [4.78, 5) is 35.4. The number of nitrogens with one attached hydrogen (secondary N) is 2. The predicted octanol–water partition coefficient (Wildman–Crippen LogP) is 3.13. The maximum Gasteiger partial charge on any atom is 0.422 e. The van der Waals surface area contributed by atoms with Gasteiger partial charge in [0.2, 0.25) is 18.7 Å². The van der Waals surface area contributed by atoms with Gasteiger partial charge in [0.05, 0.1) is 12.8 Å². The first kappa shape index (κ1) is 27.3. The van der Waals surface area contributed by atoms with Gasteiger partial charge in [0.15, 0.2) is 6.61 Å². The Morgan fingerprint density at radius 1 is 1.06 bits per heavy atom. The molecular weight excluding hydrogens is 469 g/mol. The van der Waals surface area contributed by atoms with Crippen molar-refractivity contribution in [2.45, 2.75) is 13.1 Å². The van der Waals surface area contributed by atoms with E-state index in [0.717, 1.165) is 12.1 Å². The second kappa shape index (κ2) is 13.1. The highest BCUT2D eigenvalue weighted by molar-refractivity contribution is 5.89. The highest BCUT2D eigenvalue weighted by atomic mass is 19.4. The van der Waals surface area contributed by atoms with Crippen molar-refractivity contribution in [2.75, 3.05) is 55.4 Å². The van der Waals surface area contributed by atoms with E-state index < -0.39 is 12.8 Å². The Labute approximate surface area is 200 Å². The molecule has 35 heavy (non-hydrogen) atoms. The molecule has 3 amide bonds. The predicted molar refractivity (Wildman–Crippen MR) is 125 cm³/mol. The number of methoxy groups -OCH3 is 1. The third kappa shape index (κ3) is 9.43. The van der Waals surface area contributed by atoms with Gasteiger partial charge in [-0.1, -0.05) is 0 Å². The summed E-state index contributed by atoms with van der Waals surface area (Å²) in [6.45, 7) is 2.85. The Balaban J connectivity index is 0.000000258. The van der Waals surface area contributed by atoms with Crippen LogP contribution >= 0.6 is 0 Å². The fraction of sp³-hybridized carbons (Fsp3) is 0.348. The number of hydrogen-bond donors (Lipinski definition) is 2. The molecule has 190 valence electrons. The van der Waals surface area contributed by atoms with Gasteiger partial charge in [-0.15, -0.1) is 0 Å². The van der Waals surface area contributed by atoms with E-state index in [9.17, 15) is 27.6 Å². The lowest BCUT2D eigenvalue weighted by Gasteiger charge is -2.34. The third-order valence-corrected chi connectivity index (χ3v) is 4.80. The highest BCUT2D eigenvalue weighted by Gasteiger charge is 2.28. The third-order valence-electron chi connectivity index (χ3n) is 4.80. The summed E-state index contributed by atoms with van der Waals surface area (Å²) in [5, 5.41) is 5.10. The maximum absolute atomic E-state index is 12.0. The van der Waals surface area contributed by atoms with Gasteiger partial charge in [-0.05, 0) is 36.4 Å². The van der Waals surface area contributed by atoms with Gasteiger partial charge < -0.3 is 29.9 Å². The summed E-state index contributed by atoms with van der Waals surface area (Å²) in [5.41, 5.74) is 2.09. The number of alkyl halides is 3. The number of hydrogen-bond acceptors (Lipinski definition) is 6. The molecule has 1 aliphatic rings. The average Bonchev–Trinajstić information content (AvgIpc) is 2.84. The van der Waals surface area contributed by atoms with Gasteiger partial charge in [-0.3, -0.25) is 14.4 Å². The summed E-state index contributed by atoms with van der Waals surface area (Å²) in [7, 11) is 1.49. The van der Waals surface area contributed by atoms with E-state index in [1.165, 1.54) is 26.2 Å². The number of carbonyl (C=O) groups excluding carboxylic acids is 3. The first-order valence-electron chi connectivity index (χ1n) is 10.5. The SMILES string of the molecule is COc1cc(NC(C)=O)ccc1NC=O.O=CN1CCN(c2ccc(OCC(F)(F)F)cc2)CC1. The summed E-state index contributed by atoms with van der Waals surface area (Å²) >= 11 is 0. The van der Waals surface area contributed by atoms with Crippen molar-refractivity contribution < 1.29 is 37.0 Å². The van der Waals surface area contributed by atoms with Gasteiger partial charge in [0.1, 0.15) is 11.5 Å². The Hall–Kier alpha value is -3.96. The number of benzene rings is 2. The molecule has 2 aromatic carbocycles. The zero-order chi connectivity index (χ0) is 25.8. The molecule has 12 heteroatoms. The van der Waals surface area contributed by atoms with E-state index in [-0.39, 0.29) is 11.7 Å². The molecule has 0 unspecified atom stereocenters. The van der Waals surface area contributed by atoms with Crippen LogP contribution in [0.4, 0.5) is 30.2 Å². The van der Waals surface area contributed by atoms with Crippen LogP contribution in [-0.2, 0) is 14.4 Å².